The maximum Gasteiger partial charge on any atom is 0.320 e. The number of imidazole rings is 1. The normalized spacial score (nSPS) is 14.7. The van der Waals surface area contributed by atoms with Crippen LogP contribution in [0, 0.1) is 0 Å². The molecule has 0 fully saturated rings. The van der Waals surface area contributed by atoms with Crippen molar-refractivity contribution < 1.29 is 14.6 Å². The van der Waals surface area contributed by atoms with Crippen molar-refractivity contribution in [3.05, 3.63) is 12.4 Å². The molecule has 0 aliphatic heterocycles. The molecule has 0 radical (unpaired) electrons. The molecule has 1 unspecified atom stereocenters. The topological polar surface area (TPSA) is 64.4 Å². The van der Waals surface area contributed by atoms with Crippen LogP contribution in [0.1, 0.15) is 13.3 Å². The number of ether oxygens (including phenoxy) is 1. The van der Waals surface area contributed by atoms with Gasteiger partial charge < -0.3 is 14.4 Å². The average Bonchev–Trinajstić information content (AvgIpc) is 2.61. The summed E-state index contributed by atoms with van der Waals surface area (Å²) in [5.41, 5.74) is 0. The summed E-state index contributed by atoms with van der Waals surface area (Å²) in [6.07, 6.45) is 3.89. The van der Waals surface area contributed by atoms with Crippen LogP contribution in [-0.2, 0) is 16.6 Å². The van der Waals surface area contributed by atoms with Crippen molar-refractivity contribution in [1.29, 1.82) is 0 Å². The molecule has 0 saturated carbocycles. The Kier molecular flexibility index (Phi) is 4.37. The SMILES string of the molecule is COCCC(C)(Sc1nccn1C)C(=O)O. The molecule has 0 aliphatic rings. The molecule has 6 heteroatoms. The molecule has 0 aliphatic carbocycles. The largest absolute Gasteiger partial charge is 0.480 e. The van der Waals surface area contributed by atoms with Gasteiger partial charge in [-0.1, -0.05) is 11.8 Å². The van der Waals surface area contributed by atoms with Crippen molar-refractivity contribution in [2.24, 2.45) is 7.05 Å². The minimum absolute atomic E-state index is 0.417. The van der Waals surface area contributed by atoms with E-state index >= 15 is 0 Å². The van der Waals surface area contributed by atoms with Crippen LogP contribution >= 0.6 is 11.8 Å². The molecule has 0 aromatic carbocycles. The van der Waals surface area contributed by atoms with Crippen molar-refractivity contribution in [2.45, 2.75) is 23.2 Å². The van der Waals surface area contributed by atoms with E-state index < -0.39 is 10.7 Å². The zero-order valence-electron chi connectivity index (χ0n) is 9.64. The van der Waals surface area contributed by atoms with Gasteiger partial charge in [0.15, 0.2) is 5.16 Å². The fourth-order valence-electron chi connectivity index (χ4n) is 1.15. The number of hydrogen-bond donors (Lipinski definition) is 1. The Bertz CT molecular complexity index is 367. The molecule has 90 valence electrons. The minimum Gasteiger partial charge on any atom is -0.480 e. The van der Waals surface area contributed by atoms with E-state index in [9.17, 15) is 9.90 Å². The van der Waals surface area contributed by atoms with E-state index in [0.29, 0.717) is 18.2 Å². The minimum atomic E-state index is -0.908. The molecular weight excluding hydrogens is 228 g/mol. The van der Waals surface area contributed by atoms with Gasteiger partial charge in [0.25, 0.3) is 0 Å². The van der Waals surface area contributed by atoms with Gasteiger partial charge in [-0.05, 0) is 13.3 Å². The molecule has 1 heterocycles. The van der Waals surface area contributed by atoms with E-state index in [0.717, 1.165) is 0 Å². The number of aliphatic carboxylic acids is 1. The predicted molar refractivity (Wildman–Crippen MR) is 61.6 cm³/mol. The van der Waals surface area contributed by atoms with Gasteiger partial charge in [-0.2, -0.15) is 0 Å². The van der Waals surface area contributed by atoms with E-state index in [1.54, 1.807) is 31.0 Å². The Hall–Kier alpha value is -1.01. The average molecular weight is 244 g/mol. The summed E-state index contributed by atoms with van der Waals surface area (Å²) < 4.78 is 5.83. The first-order valence-corrected chi connectivity index (χ1v) is 5.70. The summed E-state index contributed by atoms with van der Waals surface area (Å²) in [6, 6.07) is 0. The third kappa shape index (κ3) is 2.99. The van der Waals surface area contributed by atoms with E-state index in [1.807, 2.05) is 7.05 Å². The molecule has 0 saturated heterocycles. The fraction of sp³-hybridized carbons (Fsp3) is 0.600. The Morgan fingerprint density at radius 1 is 1.75 bits per heavy atom. The Morgan fingerprint density at radius 3 is 2.88 bits per heavy atom. The van der Waals surface area contributed by atoms with Crippen LogP contribution in [0.2, 0.25) is 0 Å². The van der Waals surface area contributed by atoms with Crippen LogP contribution in [0.3, 0.4) is 0 Å². The van der Waals surface area contributed by atoms with E-state index in [2.05, 4.69) is 4.98 Å². The number of nitrogens with zero attached hydrogens (tertiary/aromatic N) is 2. The van der Waals surface area contributed by atoms with Crippen LogP contribution in [-0.4, -0.2) is 39.1 Å². The van der Waals surface area contributed by atoms with Crippen molar-refractivity contribution in [3.8, 4) is 0 Å². The number of carbonyl (C=O) groups is 1. The second-order valence-electron chi connectivity index (χ2n) is 3.70. The molecular formula is C10H16N2O3S. The van der Waals surface area contributed by atoms with Crippen molar-refractivity contribution in [2.75, 3.05) is 13.7 Å². The molecule has 1 rings (SSSR count). The Morgan fingerprint density at radius 2 is 2.44 bits per heavy atom. The number of rotatable bonds is 6. The zero-order chi connectivity index (χ0) is 12.2. The van der Waals surface area contributed by atoms with E-state index in [-0.39, 0.29) is 0 Å². The molecule has 1 N–H and O–H groups in total. The van der Waals surface area contributed by atoms with Crippen molar-refractivity contribution >= 4 is 17.7 Å². The summed E-state index contributed by atoms with van der Waals surface area (Å²) in [7, 11) is 3.40. The summed E-state index contributed by atoms with van der Waals surface area (Å²) >= 11 is 1.24. The van der Waals surface area contributed by atoms with Gasteiger partial charge >= 0.3 is 5.97 Å². The molecule has 1 aromatic rings. The first-order chi connectivity index (χ1) is 7.49. The second-order valence-corrected chi connectivity index (χ2v) is 5.17. The molecule has 1 atom stereocenters. The number of methoxy groups -OCH3 is 1. The lowest BCUT2D eigenvalue weighted by Crippen LogP contribution is -2.33. The van der Waals surface area contributed by atoms with Gasteiger partial charge in [0.2, 0.25) is 0 Å². The summed E-state index contributed by atoms with van der Waals surface area (Å²) in [5, 5.41) is 9.93. The van der Waals surface area contributed by atoms with Gasteiger partial charge in [0.1, 0.15) is 4.75 Å². The quantitative estimate of drug-likeness (QED) is 0.766. The lowest BCUT2D eigenvalue weighted by Gasteiger charge is -2.23. The van der Waals surface area contributed by atoms with Crippen molar-refractivity contribution in [3.63, 3.8) is 0 Å². The summed E-state index contributed by atoms with van der Waals surface area (Å²) in [4.78, 5) is 15.4. The number of aromatic nitrogens is 2. The molecule has 1 aromatic heterocycles. The maximum atomic E-state index is 11.3. The van der Waals surface area contributed by atoms with Crippen LogP contribution in [0.4, 0.5) is 0 Å². The Balaban J connectivity index is 2.79. The maximum absolute atomic E-state index is 11.3. The second kappa shape index (κ2) is 5.36. The summed E-state index contributed by atoms with van der Waals surface area (Å²) in [6.45, 7) is 2.11. The highest BCUT2D eigenvalue weighted by Crippen LogP contribution is 2.34. The number of aryl methyl sites for hydroxylation is 1. The van der Waals surface area contributed by atoms with Crippen molar-refractivity contribution in [1.82, 2.24) is 9.55 Å². The molecule has 5 nitrogen and oxygen atoms in total. The van der Waals surface area contributed by atoms with Gasteiger partial charge in [0.05, 0.1) is 0 Å². The molecule has 16 heavy (non-hydrogen) atoms. The summed E-state index contributed by atoms with van der Waals surface area (Å²) in [5.74, 6) is -0.849. The monoisotopic (exact) mass is 244 g/mol. The molecule has 0 amide bonds. The first kappa shape index (κ1) is 13.1. The van der Waals surface area contributed by atoms with Crippen LogP contribution in [0.5, 0.6) is 0 Å². The predicted octanol–water partition coefficient (Wildman–Crippen LogP) is 1.39. The number of carboxylic acid groups (broad SMARTS) is 1. The standard InChI is InChI=1S/C10H16N2O3S/c1-10(8(13)14,4-7-15-3)16-9-11-5-6-12(9)2/h5-6H,4,7H2,1-3H3,(H,13,14). The highest BCUT2D eigenvalue weighted by molar-refractivity contribution is 8.01. The molecule has 0 bridgehead atoms. The number of hydrogen-bond acceptors (Lipinski definition) is 4. The number of carboxylic acids is 1. The van der Waals surface area contributed by atoms with E-state index in [4.69, 9.17) is 4.74 Å². The number of thioether (sulfide) groups is 1. The van der Waals surface area contributed by atoms with Crippen LogP contribution in [0.25, 0.3) is 0 Å². The fourth-order valence-corrected chi connectivity index (χ4v) is 2.14. The van der Waals surface area contributed by atoms with Gasteiger partial charge in [-0.25, -0.2) is 4.98 Å². The highest BCUT2D eigenvalue weighted by atomic mass is 32.2. The van der Waals surface area contributed by atoms with Gasteiger partial charge in [-0.3, -0.25) is 4.79 Å². The lowest BCUT2D eigenvalue weighted by molar-refractivity contribution is -0.139. The third-order valence-corrected chi connectivity index (χ3v) is 3.73. The van der Waals surface area contributed by atoms with Gasteiger partial charge in [-0.15, -0.1) is 0 Å². The Labute approximate surface area is 98.8 Å². The zero-order valence-corrected chi connectivity index (χ0v) is 10.5. The van der Waals surface area contributed by atoms with Crippen LogP contribution in [0.15, 0.2) is 17.6 Å². The lowest BCUT2D eigenvalue weighted by atomic mass is 10.1. The third-order valence-electron chi connectivity index (χ3n) is 2.33. The first-order valence-electron chi connectivity index (χ1n) is 4.88. The smallest absolute Gasteiger partial charge is 0.320 e. The highest BCUT2D eigenvalue weighted by Gasteiger charge is 2.35. The van der Waals surface area contributed by atoms with Crippen LogP contribution < -0.4 is 0 Å². The molecule has 0 spiro atoms. The van der Waals surface area contributed by atoms with Gasteiger partial charge in [0, 0.05) is 33.2 Å². The van der Waals surface area contributed by atoms with E-state index in [1.165, 1.54) is 11.8 Å².